The van der Waals surface area contributed by atoms with Crippen molar-refractivity contribution in [1.29, 1.82) is 0 Å². The van der Waals surface area contributed by atoms with Crippen LogP contribution in [0.15, 0.2) is 59.5 Å². The van der Waals surface area contributed by atoms with Crippen molar-refractivity contribution < 1.29 is 9.53 Å². The van der Waals surface area contributed by atoms with E-state index in [4.69, 9.17) is 4.74 Å². The highest BCUT2D eigenvalue weighted by atomic mass is 16.5. The van der Waals surface area contributed by atoms with Gasteiger partial charge in [-0.15, -0.1) is 0 Å². The number of hydrogen-bond acceptors (Lipinski definition) is 4. The Morgan fingerprint density at radius 3 is 2.62 bits per heavy atom. The average molecular weight is 351 g/mol. The SMILES string of the molecule is CCC(NC(=O)Cn1ncc2ccccc2c1=O)c1ccc(OC)cc1. The van der Waals surface area contributed by atoms with Gasteiger partial charge in [-0.2, -0.15) is 5.10 Å². The van der Waals surface area contributed by atoms with Crippen molar-refractivity contribution in [1.82, 2.24) is 15.1 Å². The van der Waals surface area contributed by atoms with E-state index in [0.29, 0.717) is 5.39 Å². The van der Waals surface area contributed by atoms with Crippen LogP contribution in [0.4, 0.5) is 0 Å². The van der Waals surface area contributed by atoms with Crippen molar-refractivity contribution in [2.45, 2.75) is 25.9 Å². The lowest BCUT2D eigenvalue weighted by atomic mass is 10.0. The molecular formula is C20H21N3O3. The summed E-state index contributed by atoms with van der Waals surface area (Å²) in [4.78, 5) is 24.9. The Hall–Kier alpha value is -3.15. The van der Waals surface area contributed by atoms with Gasteiger partial charge in [-0.3, -0.25) is 9.59 Å². The third kappa shape index (κ3) is 3.74. The van der Waals surface area contributed by atoms with E-state index in [-0.39, 0.29) is 24.1 Å². The second kappa shape index (κ2) is 7.82. The number of ether oxygens (including phenoxy) is 1. The summed E-state index contributed by atoms with van der Waals surface area (Å²) < 4.78 is 6.35. The molecule has 0 saturated carbocycles. The lowest BCUT2D eigenvalue weighted by molar-refractivity contribution is -0.122. The average Bonchev–Trinajstić information content (AvgIpc) is 2.68. The van der Waals surface area contributed by atoms with Crippen LogP contribution in [0, 0.1) is 0 Å². The Balaban J connectivity index is 1.75. The Morgan fingerprint density at radius 2 is 1.92 bits per heavy atom. The van der Waals surface area contributed by atoms with Crippen molar-refractivity contribution in [3.8, 4) is 5.75 Å². The summed E-state index contributed by atoms with van der Waals surface area (Å²) in [5.41, 5.74) is 0.719. The molecule has 0 radical (unpaired) electrons. The lowest BCUT2D eigenvalue weighted by Gasteiger charge is -2.18. The van der Waals surface area contributed by atoms with E-state index in [1.807, 2.05) is 43.3 Å². The molecule has 0 spiro atoms. The van der Waals surface area contributed by atoms with Crippen molar-refractivity contribution in [2.75, 3.05) is 7.11 Å². The third-order valence-corrected chi connectivity index (χ3v) is 4.32. The second-order valence-electron chi connectivity index (χ2n) is 6.00. The summed E-state index contributed by atoms with van der Waals surface area (Å²) in [6.45, 7) is 1.88. The summed E-state index contributed by atoms with van der Waals surface area (Å²) in [5.74, 6) is 0.513. The number of amides is 1. The zero-order valence-corrected chi connectivity index (χ0v) is 14.8. The van der Waals surface area contributed by atoms with Gasteiger partial charge >= 0.3 is 0 Å². The number of methoxy groups -OCH3 is 1. The van der Waals surface area contributed by atoms with Gasteiger partial charge in [0, 0.05) is 5.39 Å². The first-order valence-electron chi connectivity index (χ1n) is 8.50. The number of aromatic nitrogens is 2. The molecule has 0 aliphatic rings. The number of benzene rings is 2. The number of hydrogen-bond donors (Lipinski definition) is 1. The highest BCUT2D eigenvalue weighted by molar-refractivity contribution is 5.81. The maximum Gasteiger partial charge on any atom is 0.275 e. The standard InChI is InChI=1S/C20H21N3O3/c1-3-18(14-8-10-16(26-2)11-9-14)22-19(24)13-23-20(25)17-7-5-4-6-15(17)12-21-23/h4-12,18H,3,13H2,1-2H3,(H,22,24). The number of carbonyl (C=O) groups excluding carboxylic acids is 1. The number of nitrogens with one attached hydrogen (secondary N) is 1. The van der Waals surface area contributed by atoms with Gasteiger partial charge in [-0.1, -0.05) is 37.3 Å². The Bertz CT molecular complexity index is 964. The van der Waals surface area contributed by atoms with Crippen LogP contribution in [0.5, 0.6) is 5.75 Å². The number of carbonyl (C=O) groups is 1. The van der Waals surface area contributed by atoms with E-state index < -0.39 is 0 Å². The molecular weight excluding hydrogens is 330 g/mol. The largest absolute Gasteiger partial charge is 0.497 e. The molecule has 0 aliphatic carbocycles. The Morgan fingerprint density at radius 1 is 1.19 bits per heavy atom. The molecule has 0 aliphatic heterocycles. The van der Waals surface area contributed by atoms with Crippen LogP contribution < -0.4 is 15.6 Å². The maximum atomic E-state index is 12.5. The van der Waals surface area contributed by atoms with Gasteiger partial charge in [0.15, 0.2) is 0 Å². The molecule has 1 amide bonds. The summed E-state index contributed by atoms with van der Waals surface area (Å²) in [5, 5.41) is 8.38. The van der Waals surface area contributed by atoms with Gasteiger partial charge in [0.1, 0.15) is 12.3 Å². The molecule has 3 aromatic rings. The molecule has 2 aromatic carbocycles. The minimum Gasteiger partial charge on any atom is -0.497 e. The Kier molecular flexibility index (Phi) is 5.31. The van der Waals surface area contributed by atoms with Crippen LogP contribution in [0.2, 0.25) is 0 Å². The summed E-state index contributed by atoms with van der Waals surface area (Å²) >= 11 is 0. The zero-order chi connectivity index (χ0) is 18.5. The summed E-state index contributed by atoms with van der Waals surface area (Å²) in [6.07, 6.45) is 2.34. The fraction of sp³-hybridized carbons (Fsp3) is 0.250. The molecule has 3 rings (SSSR count). The van der Waals surface area contributed by atoms with Gasteiger partial charge in [-0.05, 0) is 30.2 Å². The van der Waals surface area contributed by atoms with Crippen LogP contribution in [-0.2, 0) is 11.3 Å². The monoisotopic (exact) mass is 351 g/mol. The zero-order valence-electron chi connectivity index (χ0n) is 14.8. The van der Waals surface area contributed by atoms with Crippen molar-refractivity contribution >= 4 is 16.7 Å². The first-order chi connectivity index (χ1) is 12.6. The normalized spacial score (nSPS) is 11.9. The molecule has 1 atom stereocenters. The molecule has 26 heavy (non-hydrogen) atoms. The molecule has 0 fully saturated rings. The van der Waals surface area contributed by atoms with Crippen LogP contribution in [0.1, 0.15) is 24.9 Å². The van der Waals surface area contributed by atoms with Gasteiger partial charge in [0.25, 0.3) is 5.56 Å². The number of fused-ring (bicyclic) bond motifs is 1. The van der Waals surface area contributed by atoms with Gasteiger partial charge in [-0.25, -0.2) is 4.68 Å². The number of rotatable bonds is 6. The van der Waals surface area contributed by atoms with Crippen LogP contribution in [-0.4, -0.2) is 22.8 Å². The van der Waals surface area contributed by atoms with Crippen molar-refractivity contribution in [2.24, 2.45) is 0 Å². The second-order valence-corrected chi connectivity index (χ2v) is 6.00. The molecule has 0 saturated heterocycles. The molecule has 1 N–H and O–H groups in total. The van der Waals surface area contributed by atoms with E-state index in [0.717, 1.165) is 23.1 Å². The number of nitrogens with zero attached hydrogens (tertiary/aromatic N) is 2. The molecule has 1 heterocycles. The van der Waals surface area contributed by atoms with E-state index in [2.05, 4.69) is 10.4 Å². The molecule has 6 heteroatoms. The topological polar surface area (TPSA) is 73.2 Å². The Labute approximate surface area is 151 Å². The highest BCUT2D eigenvalue weighted by Gasteiger charge is 2.14. The quantitative estimate of drug-likeness (QED) is 0.741. The van der Waals surface area contributed by atoms with Gasteiger partial charge in [0.2, 0.25) is 5.91 Å². The first-order valence-corrected chi connectivity index (χ1v) is 8.50. The van der Waals surface area contributed by atoms with Gasteiger partial charge < -0.3 is 10.1 Å². The first kappa shape index (κ1) is 17.7. The van der Waals surface area contributed by atoms with Gasteiger partial charge in [0.05, 0.1) is 24.7 Å². The highest BCUT2D eigenvalue weighted by Crippen LogP contribution is 2.20. The van der Waals surface area contributed by atoms with E-state index in [9.17, 15) is 9.59 Å². The molecule has 0 bridgehead atoms. The molecule has 1 aromatic heterocycles. The van der Waals surface area contributed by atoms with Crippen molar-refractivity contribution in [3.05, 3.63) is 70.6 Å². The van der Waals surface area contributed by atoms with Crippen molar-refractivity contribution in [3.63, 3.8) is 0 Å². The molecule has 1 unspecified atom stereocenters. The fourth-order valence-corrected chi connectivity index (χ4v) is 2.87. The third-order valence-electron chi connectivity index (χ3n) is 4.32. The smallest absolute Gasteiger partial charge is 0.275 e. The molecule has 134 valence electrons. The van der Waals surface area contributed by atoms with E-state index in [1.54, 1.807) is 25.4 Å². The van der Waals surface area contributed by atoms with Crippen LogP contribution in [0.3, 0.4) is 0 Å². The predicted molar refractivity (Wildman–Crippen MR) is 100 cm³/mol. The predicted octanol–water partition coefficient (Wildman–Crippen LogP) is 2.67. The lowest BCUT2D eigenvalue weighted by Crippen LogP contribution is -2.35. The maximum absolute atomic E-state index is 12.5. The molecule has 6 nitrogen and oxygen atoms in total. The van der Waals surface area contributed by atoms with E-state index >= 15 is 0 Å². The minimum atomic E-state index is -0.268. The van der Waals surface area contributed by atoms with Crippen LogP contribution in [0.25, 0.3) is 10.8 Å². The summed E-state index contributed by atoms with van der Waals surface area (Å²) in [7, 11) is 1.61. The van der Waals surface area contributed by atoms with Crippen LogP contribution >= 0.6 is 0 Å². The fourth-order valence-electron chi connectivity index (χ4n) is 2.87. The minimum absolute atomic E-state index is 0.115. The summed E-state index contributed by atoms with van der Waals surface area (Å²) in [6, 6.07) is 14.6. The van der Waals surface area contributed by atoms with E-state index in [1.165, 1.54) is 4.68 Å².